The lowest BCUT2D eigenvalue weighted by Gasteiger charge is -2.28. The molecule has 0 N–H and O–H groups in total. The van der Waals surface area contributed by atoms with Crippen LogP contribution in [0.3, 0.4) is 0 Å². The number of anilines is 1. The minimum absolute atomic E-state index is 0.193. The number of carbonyl (C=O) groups is 2. The van der Waals surface area contributed by atoms with Crippen LogP contribution in [0.1, 0.15) is 31.8 Å². The molecule has 5 nitrogen and oxygen atoms in total. The number of nitrogens with zero attached hydrogens (tertiary/aromatic N) is 1. The van der Waals surface area contributed by atoms with E-state index in [9.17, 15) is 18.0 Å². The molecule has 0 aliphatic carbocycles. The third-order valence-corrected chi connectivity index (χ3v) is 6.59. The molecule has 0 spiro atoms. The highest BCUT2D eigenvalue weighted by atomic mass is 32.2. The fraction of sp³-hybridized carbons (Fsp3) is 0.120. The van der Waals surface area contributed by atoms with Gasteiger partial charge in [0.1, 0.15) is 0 Å². The van der Waals surface area contributed by atoms with Gasteiger partial charge in [0.25, 0.3) is 5.91 Å². The summed E-state index contributed by atoms with van der Waals surface area (Å²) in [6.45, 7) is 1.93. The molecule has 3 aromatic carbocycles. The van der Waals surface area contributed by atoms with Crippen molar-refractivity contribution < 1.29 is 18.0 Å². The van der Waals surface area contributed by atoms with Crippen molar-refractivity contribution in [2.45, 2.75) is 13.0 Å². The monoisotopic (exact) mass is 431 g/mol. The highest BCUT2D eigenvalue weighted by Crippen LogP contribution is 2.27. The largest absolute Gasteiger partial charge is 0.300 e. The number of benzene rings is 3. The van der Waals surface area contributed by atoms with Crippen LogP contribution in [0, 0.1) is 6.92 Å². The van der Waals surface area contributed by atoms with E-state index in [1.54, 1.807) is 60.7 Å². The minimum atomic E-state index is -3.38. The second kappa shape index (κ2) is 8.32. The normalized spacial score (nSPS) is 16.7. The predicted molar refractivity (Wildman–Crippen MR) is 121 cm³/mol. The maximum atomic E-state index is 13.7. The van der Waals surface area contributed by atoms with Crippen LogP contribution in [0.15, 0.2) is 90.3 Å². The first-order chi connectivity index (χ1) is 14.9. The van der Waals surface area contributed by atoms with Gasteiger partial charge >= 0.3 is 0 Å². The van der Waals surface area contributed by atoms with Gasteiger partial charge in [-0.2, -0.15) is 0 Å². The van der Waals surface area contributed by atoms with E-state index < -0.39 is 21.8 Å². The molecule has 3 aromatic rings. The van der Waals surface area contributed by atoms with Crippen LogP contribution in [0.25, 0.3) is 0 Å². The van der Waals surface area contributed by atoms with Crippen molar-refractivity contribution in [1.82, 2.24) is 0 Å². The van der Waals surface area contributed by atoms with Crippen molar-refractivity contribution in [3.05, 3.63) is 113 Å². The summed E-state index contributed by atoms with van der Waals surface area (Å²) in [5.41, 5.74) is 2.58. The number of hydrogen-bond donors (Lipinski definition) is 0. The van der Waals surface area contributed by atoms with Crippen molar-refractivity contribution in [1.29, 1.82) is 0 Å². The summed E-state index contributed by atoms with van der Waals surface area (Å²) in [7, 11) is -3.38. The number of sulfone groups is 1. The predicted octanol–water partition coefficient (Wildman–Crippen LogP) is 4.18. The lowest BCUT2D eigenvalue weighted by molar-refractivity contribution is 0.0967. The zero-order valence-corrected chi connectivity index (χ0v) is 17.7. The van der Waals surface area contributed by atoms with Gasteiger partial charge in [-0.1, -0.05) is 66.2 Å². The quantitative estimate of drug-likeness (QED) is 0.568. The molecule has 1 aliphatic heterocycles. The van der Waals surface area contributed by atoms with Crippen molar-refractivity contribution >= 4 is 27.2 Å². The zero-order valence-electron chi connectivity index (χ0n) is 16.9. The highest BCUT2D eigenvalue weighted by molar-refractivity contribution is 7.94. The zero-order chi connectivity index (χ0) is 22.0. The smallest absolute Gasteiger partial charge is 0.259 e. The van der Waals surface area contributed by atoms with E-state index in [2.05, 4.69) is 0 Å². The first kappa shape index (κ1) is 20.8. The Bertz CT molecular complexity index is 1260. The standard InChI is InChI=1S/C25H21NO4S/c1-18-11-13-20(14-12-18)26(21-15-16-31(29,30)17-21)25(28)23-10-6-5-9-22(23)24(27)19-7-3-2-4-8-19/h2-16,21H,17H2,1H3. The molecule has 0 saturated heterocycles. The second-order valence-corrected chi connectivity index (χ2v) is 9.41. The molecule has 0 aromatic heterocycles. The molecule has 1 heterocycles. The molecule has 1 unspecified atom stereocenters. The molecule has 0 radical (unpaired) electrons. The number of carbonyl (C=O) groups excluding carboxylic acids is 2. The SMILES string of the molecule is Cc1ccc(N(C(=O)c2ccccc2C(=O)c2ccccc2)C2C=CS(=O)(=O)C2)cc1. The minimum Gasteiger partial charge on any atom is -0.300 e. The Hall–Kier alpha value is -3.51. The maximum Gasteiger partial charge on any atom is 0.259 e. The van der Waals surface area contributed by atoms with Gasteiger partial charge in [-0.25, -0.2) is 8.42 Å². The van der Waals surface area contributed by atoms with E-state index in [1.807, 2.05) is 25.1 Å². The molecule has 4 rings (SSSR count). The maximum absolute atomic E-state index is 13.7. The molecule has 0 saturated carbocycles. The third kappa shape index (κ3) is 4.34. The van der Waals surface area contributed by atoms with Crippen LogP contribution in [-0.4, -0.2) is 31.9 Å². The van der Waals surface area contributed by atoms with Crippen LogP contribution in [-0.2, 0) is 9.84 Å². The Labute approximate surface area is 181 Å². The van der Waals surface area contributed by atoms with Gasteiger partial charge in [-0.05, 0) is 31.2 Å². The van der Waals surface area contributed by atoms with Crippen molar-refractivity contribution in [3.63, 3.8) is 0 Å². The van der Waals surface area contributed by atoms with Gasteiger partial charge in [-0.15, -0.1) is 0 Å². The average molecular weight is 432 g/mol. The van der Waals surface area contributed by atoms with Crippen LogP contribution in [0.2, 0.25) is 0 Å². The summed E-state index contributed by atoms with van der Waals surface area (Å²) in [5.74, 6) is -0.875. The van der Waals surface area contributed by atoms with Gasteiger partial charge in [0.2, 0.25) is 0 Å². The summed E-state index contributed by atoms with van der Waals surface area (Å²) in [4.78, 5) is 28.3. The molecule has 1 atom stereocenters. The number of hydrogen-bond acceptors (Lipinski definition) is 4. The number of aryl methyl sites for hydroxylation is 1. The summed E-state index contributed by atoms with van der Waals surface area (Å²) >= 11 is 0. The lowest BCUT2D eigenvalue weighted by atomic mass is 9.97. The molecule has 6 heteroatoms. The van der Waals surface area contributed by atoms with Gasteiger partial charge in [-0.3, -0.25) is 9.59 Å². The Morgan fingerprint density at radius 2 is 1.45 bits per heavy atom. The summed E-state index contributed by atoms with van der Waals surface area (Å²) in [5, 5.41) is 1.15. The van der Waals surface area contributed by atoms with Gasteiger partial charge in [0.15, 0.2) is 15.6 Å². The molecule has 156 valence electrons. The number of amides is 1. The van der Waals surface area contributed by atoms with E-state index in [-0.39, 0.29) is 22.7 Å². The first-order valence-corrected chi connectivity index (χ1v) is 11.6. The number of ketones is 1. The van der Waals surface area contributed by atoms with Gasteiger partial charge < -0.3 is 4.90 Å². The van der Waals surface area contributed by atoms with Crippen LogP contribution >= 0.6 is 0 Å². The van der Waals surface area contributed by atoms with E-state index in [0.717, 1.165) is 11.0 Å². The molecule has 31 heavy (non-hydrogen) atoms. The fourth-order valence-corrected chi connectivity index (χ4v) is 4.90. The summed E-state index contributed by atoms with van der Waals surface area (Å²) in [6.07, 6.45) is 1.52. The Balaban J connectivity index is 1.79. The molecule has 1 amide bonds. The van der Waals surface area contributed by atoms with Crippen LogP contribution in [0.4, 0.5) is 5.69 Å². The fourth-order valence-electron chi connectivity index (χ4n) is 3.63. The van der Waals surface area contributed by atoms with Gasteiger partial charge in [0, 0.05) is 22.2 Å². The third-order valence-electron chi connectivity index (χ3n) is 5.21. The van der Waals surface area contributed by atoms with Crippen LogP contribution in [0.5, 0.6) is 0 Å². The topological polar surface area (TPSA) is 71.5 Å². The molecule has 1 aliphatic rings. The molecule has 0 fully saturated rings. The van der Waals surface area contributed by atoms with Crippen molar-refractivity contribution in [2.75, 3.05) is 10.7 Å². The van der Waals surface area contributed by atoms with E-state index >= 15 is 0 Å². The summed E-state index contributed by atoms with van der Waals surface area (Å²) in [6, 6.07) is 22.0. The lowest BCUT2D eigenvalue weighted by Crippen LogP contribution is -2.41. The summed E-state index contributed by atoms with van der Waals surface area (Å²) < 4.78 is 24.1. The van der Waals surface area contributed by atoms with Crippen molar-refractivity contribution in [2.24, 2.45) is 0 Å². The van der Waals surface area contributed by atoms with Crippen molar-refractivity contribution in [3.8, 4) is 0 Å². The van der Waals surface area contributed by atoms with E-state index in [1.165, 1.54) is 11.0 Å². The Morgan fingerprint density at radius 1 is 0.839 bits per heavy atom. The van der Waals surface area contributed by atoms with Crippen LogP contribution < -0.4 is 4.90 Å². The van der Waals surface area contributed by atoms with Gasteiger partial charge in [0.05, 0.1) is 17.4 Å². The molecule has 0 bridgehead atoms. The molecular weight excluding hydrogens is 410 g/mol. The average Bonchev–Trinajstić information content (AvgIpc) is 3.14. The van der Waals surface area contributed by atoms with E-state index in [4.69, 9.17) is 0 Å². The number of rotatable bonds is 5. The molecular formula is C25H21NO4S. The van der Waals surface area contributed by atoms with E-state index in [0.29, 0.717) is 11.3 Å². The first-order valence-electron chi connectivity index (χ1n) is 9.86. The highest BCUT2D eigenvalue weighted by Gasteiger charge is 2.33. The Morgan fingerprint density at radius 3 is 2.06 bits per heavy atom. The Kier molecular flexibility index (Phi) is 5.57. The second-order valence-electron chi connectivity index (χ2n) is 7.48.